The molecule has 0 bridgehead atoms. The van der Waals surface area contributed by atoms with Gasteiger partial charge < -0.3 is 20.3 Å². The fourth-order valence-corrected chi connectivity index (χ4v) is 3.30. The van der Waals surface area contributed by atoms with Gasteiger partial charge in [-0.3, -0.25) is 4.90 Å². The number of carbonyl (C=O) groups is 1. The van der Waals surface area contributed by atoms with Gasteiger partial charge in [-0.2, -0.15) is 0 Å². The number of halogens is 1. The molecule has 28 heavy (non-hydrogen) atoms. The molecule has 0 radical (unpaired) electrons. The van der Waals surface area contributed by atoms with Crippen LogP contribution in [0, 0.1) is 5.82 Å². The molecule has 1 fully saturated rings. The SMILES string of the molecule is COc1ccccc1NC(=O)NCCCN1CCN(c2ccc(F)cc2)CC1. The minimum Gasteiger partial charge on any atom is -0.495 e. The van der Waals surface area contributed by atoms with Gasteiger partial charge >= 0.3 is 6.03 Å². The predicted molar refractivity (Wildman–Crippen MR) is 110 cm³/mol. The highest BCUT2D eigenvalue weighted by atomic mass is 19.1. The summed E-state index contributed by atoms with van der Waals surface area (Å²) < 4.78 is 18.3. The number of piperazine rings is 1. The van der Waals surface area contributed by atoms with Gasteiger partial charge in [0.1, 0.15) is 11.6 Å². The topological polar surface area (TPSA) is 56.8 Å². The van der Waals surface area contributed by atoms with Crippen LogP contribution >= 0.6 is 0 Å². The fraction of sp³-hybridized carbons (Fsp3) is 0.381. The summed E-state index contributed by atoms with van der Waals surface area (Å²) in [6.07, 6.45) is 0.885. The van der Waals surface area contributed by atoms with Crippen molar-refractivity contribution in [3.8, 4) is 5.75 Å². The molecule has 0 aliphatic carbocycles. The molecule has 0 spiro atoms. The Morgan fingerprint density at radius 2 is 1.79 bits per heavy atom. The van der Waals surface area contributed by atoms with E-state index in [1.807, 2.05) is 24.3 Å². The lowest BCUT2D eigenvalue weighted by Crippen LogP contribution is -2.47. The van der Waals surface area contributed by atoms with E-state index in [1.54, 1.807) is 19.2 Å². The summed E-state index contributed by atoms with van der Waals surface area (Å²) in [5.41, 5.74) is 1.72. The highest BCUT2D eigenvalue weighted by molar-refractivity contribution is 5.90. The first-order valence-electron chi connectivity index (χ1n) is 9.56. The van der Waals surface area contributed by atoms with E-state index >= 15 is 0 Å². The molecular weight excluding hydrogens is 359 g/mol. The van der Waals surface area contributed by atoms with Crippen LogP contribution in [0.5, 0.6) is 5.75 Å². The van der Waals surface area contributed by atoms with E-state index < -0.39 is 0 Å². The first-order chi connectivity index (χ1) is 13.7. The first-order valence-corrected chi connectivity index (χ1v) is 9.56. The molecule has 0 atom stereocenters. The van der Waals surface area contributed by atoms with Crippen molar-refractivity contribution in [2.45, 2.75) is 6.42 Å². The van der Waals surface area contributed by atoms with Crippen LogP contribution in [0.3, 0.4) is 0 Å². The van der Waals surface area contributed by atoms with Gasteiger partial charge in [0.05, 0.1) is 12.8 Å². The van der Waals surface area contributed by atoms with Gasteiger partial charge in [-0.15, -0.1) is 0 Å². The maximum absolute atomic E-state index is 13.0. The third-order valence-corrected chi connectivity index (χ3v) is 4.86. The summed E-state index contributed by atoms with van der Waals surface area (Å²) >= 11 is 0. The van der Waals surface area contributed by atoms with Gasteiger partial charge in [0.15, 0.2) is 0 Å². The first kappa shape index (κ1) is 19.9. The number of rotatable bonds is 7. The van der Waals surface area contributed by atoms with Crippen LogP contribution in [0.15, 0.2) is 48.5 Å². The molecule has 1 aliphatic heterocycles. The van der Waals surface area contributed by atoms with E-state index in [0.717, 1.165) is 44.8 Å². The van der Waals surface area contributed by atoms with E-state index in [0.29, 0.717) is 18.0 Å². The highest BCUT2D eigenvalue weighted by Crippen LogP contribution is 2.22. The Kier molecular flexibility index (Phi) is 7.08. The van der Waals surface area contributed by atoms with Crippen LogP contribution in [0.4, 0.5) is 20.6 Å². The second-order valence-electron chi connectivity index (χ2n) is 6.74. The predicted octanol–water partition coefficient (Wildman–Crippen LogP) is 3.17. The number of nitrogens with one attached hydrogen (secondary N) is 2. The molecule has 6 nitrogen and oxygen atoms in total. The molecule has 150 valence electrons. The Hall–Kier alpha value is -2.80. The normalized spacial score (nSPS) is 14.6. The van der Waals surface area contributed by atoms with E-state index in [4.69, 9.17) is 4.74 Å². The van der Waals surface area contributed by atoms with Crippen LogP contribution in [0.2, 0.25) is 0 Å². The zero-order chi connectivity index (χ0) is 19.8. The Morgan fingerprint density at radius 1 is 1.07 bits per heavy atom. The molecular formula is C21H27FN4O2. The van der Waals surface area contributed by atoms with Crippen molar-refractivity contribution in [2.75, 3.05) is 56.6 Å². The lowest BCUT2D eigenvalue weighted by atomic mass is 10.2. The fourth-order valence-electron chi connectivity index (χ4n) is 3.30. The van der Waals surface area contributed by atoms with Gasteiger partial charge in [0.25, 0.3) is 0 Å². The van der Waals surface area contributed by atoms with Crippen LogP contribution in [-0.4, -0.2) is 57.3 Å². The third-order valence-electron chi connectivity index (χ3n) is 4.86. The molecule has 0 unspecified atom stereocenters. The zero-order valence-electron chi connectivity index (χ0n) is 16.2. The van der Waals surface area contributed by atoms with E-state index in [2.05, 4.69) is 20.4 Å². The number of hydrogen-bond donors (Lipinski definition) is 2. The number of amides is 2. The average Bonchev–Trinajstić information content (AvgIpc) is 2.73. The number of carbonyl (C=O) groups excluding carboxylic acids is 1. The summed E-state index contributed by atoms with van der Waals surface area (Å²) in [7, 11) is 1.58. The van der Waals surface area contributed by atoms with E-state index in [9.17, 15) is 9.18 Å². The number of anilines is 2. The quantitative estimate of drug-likeness (QED) is 0.718. The molecule has 1 aliphatic rings. The van der Waals surface area contributed by atoms with Crippen LogP contribution in [0.1, 0.15) is 6.42 Å². The summed E-state index contributed by atoms with van der Waals surface area (Å²) in [5, 5.41) is 5.69. The molecule has 2 N–H and O–H groups in total. The highest BCUT2D eigenvalue weighted by Gasteiger charge is 2.16. The largest absolute Gasteiger partial charge is 0.495 e. The number of ether oxygens (including phenoxy) is 1. The Morgan fingerprint density at radius 3 is 2.50 bits per heavy atom. The number of methoxy groups -OCH3 is 1. The van der Waals surface area contributed by atoms with Crippen LogP contribution < -0.4 is 20.3 Å². The lowest BCUT2D eigenvalue weighted by molar-refractivity contribution is 0.244. The van der Waals surface area contributed by atoms with E-state index in [-0.39, 0.29) is 11.8 Å². The third kappa shape index (κ3) is 5.60. The smallest absolute Gasteiger partial charge is 0.319 e. The second-order valence-corrected chi connectivity index (χ2v) is 6.74. The Bertz CT molecular complexity index is 761. The molecule has 2 aromatic carbocycles. The standard InChI is InChI=1S/C21H27FN4O2/c1-28-20-6-3-2-5-19(20)24-21(27)23-11-4-12-25-13-15-26(16-14-25)18-9-7-17(22)8-10-18/h2-3,5-10H,4,11-16H2,1H3,(H2,23,24,27). The Labute approximate surface area is 165 Å². The summed E-state index contributed by atoms with van der Waals surface area (Å²) in [6.45, 7) is 5.32. The molecule has 2 amide bonds. The molecule has 3 rings (SSSR count). The van der Waals surface area contributed by atoms with Gasteiger partial charge in [0.2, 0.25) is 0 Å². The summed E-state index contributed by atoms with van der Waals surface area (Å²) in [6, 6.07) is 13.8. The van der Waals surface area contributed by atoms with Gasteiger partial charge in [-0.25, -0.2) is 9.18 Å². The number of nitrogens with zero attached hydrogens (tertiary/aromatic N) is 2. The van der Waals surface area contributed by atoms with Crippen molar-refractivity contribution >= 4 is 17.4 Å². The lowest BCUT2D eigenvalue weighted by Gasteiger charge is -2.36. The second kappa shape index (κ2) is 9.94. The van der Waals surface area contributed by atoms with Gasteiger partial charge in [-0.05, 0) is 49.4 Å². The average molecular weight is 386 g/mol. The maximum Gasteiger partial charge on any atom is 0.319 e. The molecule has 7 heteroatoms. The number of urea groups is 1. The number of benzene rings is 2. The van der Waals surface area contributed by atoms with Gasteiger partial charge in [0, 0.05) is 38.4 Å². The van der Waals surface area contributed by atoms with Crippen molar-refractivity contribution in [2.24, 2.45) is 0 Å². The van der Waals surface area contributed by atoms with Crippen LogP contribution in [0.25, 0.3) is 0 Å². The van der Waals surface area contributed by atoms with E-state index in [1.165, 1.54) is 12.1 Å². The summed E-state index contributed by atoms with van der Waals surface area (Å²) in [5.74, 6) is 0.432. The van der Waals surface area contributed by atoms with Crippen LogP contribution in [-0.2, 0) is 0 Å². The van der Waals surface area contributed by atoms with Crippen molar-refractivity contribution in [3.05, 3.63) is 54.3 Å². The maximum atomic E-state index is 13.0. The van der Waals surface area contributed by atoms with Crippen molar-refractivity contribution < 1.29 is 13.9 Å². The number of hydrogen-bond acceptors (Lipinski definition) is 4. The Balaban J connectivity index is 1.33. The monoisotopic (exact) mass is 386 g/mol. The summed E-state index contributed by atoms with van der Waals surface area (Å²) in [4.78, 5) is 16.7. The minimum absolute atomic E-state index is 0.204. The van der Waals surface area contributed by atoms with Crippen molar-refractivity contribution in [1.82, 2.24) is 10.2 Å². The molecule has 2 aromatic rings. The number of para-hydroxylation sites is 2. The minimum atomic E-state index is -0.231. The molecule has 0 aromatic heterocycles. The van der Waals surface area contributed by atoms with Crippen molar-refractivity contribution in [3.63, 3.8) is 0 Å². The zero-order valence-corrected chi connectivity index (χ0v) is 16.2. The van der Waals surface area contributed by atoms with Crippen molar-refractivity contribution in [1.29, 1.82) is 0 Å². The molecule has 1 heterocycles. The van der Waals surface area contributed by atoms with Gasteiger partial charge in [-0.1, -0.05) is 12.1 Å². The molecule has 1 saturated heterocycles. The molecule has 0 saturated carbocycles.